The second-order valence-corrected chi connectivity index (χ2v) is 3.78. The Morgan fingerprint density at radius 2 is 2.00 bits per heavy atom. The molecule has 0 aromatic carbocycles. The molecule has 0 bridgehead atoms. The number of nitrogens with zero attached hydrogens (tertiary/aromatic N) is 2. The van der Waals surface area contributed by atoms with Crippen LogP contribution in [0.2, 0.25) is 0 Å². The van der Waals surface area contributed by atoms with E-state index in [0.717, 1.165) is 10.6 Å². The molecule has 0 saturated carbocycles. The predicted molar refractivity (Wildman–Crippen MR) is 52.3 cm³/mol. The summed E-state index contributed by atoms with van der Waals surface area (Å²) in [5.74, 6) is 0.156. The molecule has 0 spiro atoms. The van der Waals surface area contributed by atoms with Gasteiger partial charge < -0.3 is 5.73 Å². The molecule has 0 aliphatic rings. The fraction of sp³-hybridized carbons (Fsp3) is 0.125. The number of hydrogen-bond acceptors (Lipinski definition) is 2. The zero-order chi connectivity index (χ0) is 11.2. The van der Waals surface area contributed by atoms with E-state index in [9.17, 15) is 13.2 Å². The van der Waals surface area contributed by atoms with Crippen molar-refractivity contribution in [1.29, 1.82) is 0 Å². The molecule has 0 radical (unpaired) electrons. The van der Waals surface area contributed by atoms with Gasteiger partial charge in [-0.2, -0.15) is 18.3 Å². The van der Waals surface area contributed by atoms with Crippen molar-refractivity contribution in [2.24, 2.45) is 0 Å². The van der Waals surface area contributed by atoms with Gasteiger partial charge in [-0.1, -0.05) is 0 Å². The number of rotatable bonds is 0. The Morgan fingerprint density at radius 3 is 2.53 bits per heavy atom. The lowest BCUT2D eigenvalue weighted by Gasteiger charge is -2.00. The third kappa shape index (κ3) is 1.67. The molecular weight excluding hydrogens is 275 g/mol. The van der Waals surface area contributed by atoms with Crippen molar-refractivity contribution in [3.8, 4) is 0 Å². The van der Waals surface area contributed by atoms with Crippen LogP contribution in [-0.4, -0.2) is 9.61 Å². The molecule has 2 aromatic heterocycles. The molecule has 2 N–H and O–H groups in total. The molecule has 0 aliphatic carbocycles. The summed E-state index contributed by atoms with van der Waals surface area (Å²) in [6, 6.07) is 4.00. The predicted octanol–water partition coefficient (Wildman–Crippen LogP) is 2.70. The molecule has 15 heavy (non-hydrogen) atoms. The van der Waals surface area contributed by atoms with E-state index >= 15 is 0 Å². The topological polar surface area (TPSA) is 43.3 Å². The fourth-order valence-electron chi connectivity index (χ4n) is 1.20. The molecular formula is C8H5BrF3N3. The lowest BCUT2D eigenvalue weighted by molar-refractivity contribution is -0.141. The molecule has 2 rings (SSSR count). The van der Waals surface area contributed by atoms with Gasteiger partial charge in [0.25, 0.3) is 0 Å². The number of hydrogen-bond donors (Lipinski definition) is 1. The summed E-state index contributed by atoms with van der Waals surface area (Å²) in [6.07, 6.45) is -4.46. The van der Waals surface area contributed by atoms with Gasteiger partial charge in [-0.05, 0) is 34.1 Å². The molecule has 2 heterocycles. The van der Waals surface area contributed by atoms with Gasteiger partial charge in [-0.15, -0.1) is 0 Å². The van der Waals surface area contributed by atoms with Crippen molar-refractivity contribution in [2.45, 2.75) is 6.18 Å². The Bertz CT molecular complexity index is 479. The smallest absolute Gasteiger partial charge is 0.384 e. The molecule has 0 fully saturated rings. The number of aromatic nitrogens is 2. The Kier molecular flexibility index (Phi) is 2.14. The summed E-state index contributed by atoms with van der Waals surface area (Å²) in [5.41, 5.74) is 4.83. The normalized spacial score (nSPS) is 12.3. The van der Waals surface area contributed by atoms with E-state index in [1.807, 2.05) is 0 Å². The van der Waals surface area contributed by atoms with Crippen LogP contribution in [0.3, 0.4) is 0 Å². The largest absolute Gasteiger partial charge is 0.435 e. The first-order valence-electron chi connectivity index (χ1n) is 3.90. The van der Waals surface area contributed by atoms with Crippen molar-refractivity contribution in [3.05, 3.63) is 28.4 Å². The van der Waals surface area contributed by atoms with Crippen LogP contribution in [-0.2, 0) is 6.18 Å². The van der Waals surface area contributed by atoms with Gasteiger partial charge in [-0.25, -0.2) is 4.52 Å². The molecule has 7 heteroatoms. The van der Waals surface area contributed by atoms with E-state index in [4.69, 9.17) is 5.73 Å². The Balaban J connectivity index is 2.76. The van der Waals surface area contributed by atoms with Gasteiger partial charge >= 0.3 is 6.18 Å². The van der Waals surface area contributed by atoms with Crippen LogP contribution in [0, 0.1) is 0 Å². The number of alkyl halides is 3. The average Bonchev–Trinajstić information content (AvgIpc) is 2.56. The first kappa shape index (κ1) is 10.3. The number of fused-ring (bicyclic) bond motifs is 1. The minimum atomic E-state index is -4.46. The zero-order valence-corrected chi connectivity index (χ0v) is 8.80. The van der Waals surface area contributed by atoms with E-state index in [-0.39, 0.29) is 5.82 Å². The van der Waals surface area contributed by atoms with Gasteiger partial charge in [-0.3, -0.25) is 0 Å². The first-order chi connectivity index (χ1) is 6.89. The highest BCUT2D eigenvalue weighted by molar-refractivity contribution is 9.10. The van der Waals surface area contributed by atoms with E-state index in [1.54, 1.807) is 6.07 Å². The number of anilines is 1. The maximum absolute atomic E-state index is 12.4. The quantitative estimate of drug-likeness (QED) is 0.806. The molecule has 0 saturated heterocycles. The Hall–Kier alpha value is -1.24. The van der Waals surface area contributed by atoms with Gasteiger partial charge in [0.15, 0.2) is 5.69 Å². The summed E-state index contributed by atoms with van der Waals surface area (Å²) in [7, 11) is 0. The molecule has 0 aliphatic heterocycles. The lowest BCUT2D eigenvalue weighted by atomic mass is 10.3. The van der Waals surface area contributed by atoms with Crippen LogP contribution < -0.4 is 5.73 Å². The third-order valence-electron chi connectivity index (χ3n) is 1.89. The van der Waals surface area contributed by atoms with Crippen LogP contribution in [0.5, 0.6) is 0 Å². The number of halogens is 4. The van der Waals surface area contributed by atoms with Crippen LogP contribution >= 0.6 is 15.9 Å². The first-order valence-corrected chi connectivity index (χ1v) is 4.70. The highest BCUT2D eigenvalue weighted by Crippen LogP contribution is 2.31. The Labute approximate surface area is 90.8 Å². The summed E-state index contributed by atoms with van der Waals surface area (Å²) < 4.78 is 38.6. The lowest BCUT2D eigenvalue weighted by Crippen LogP contribution is -2.06. The van der Waals surface area contributed by atoms with Gasteiger partial charge in [0.05, 0.1) is 5.52 Å². The number of pyridine rings is 1. The van der Waals surface area contributed by atoms with Crippen molar-refractivity contribution < 1.29 is 13.2 Å². The molecule has 0 amide bonds. The monoisotopic (exact) mass is 279 g/mol. The van der Waals surface area contributed by atoms with Crippen LogP contribution in [0.25, 0.3) is 5.52 Å². The third-order valence-corrected chi connectivity index (χ3v) is 2.56. The zero-order valence-electron chi connectivity index (χ0n) is 7.22. The SMILES string of the molecule is Nc1ccc(Br)c2cc(C(F)(F)F)nn12. The molecule has 3 nitrogen and oxygen atoms in total. The summed E-state index contributed by atoms with van der Waals surface area (Å²) >= 11 is 3.13. The molecule has 80 valence electrons. The molecule has 2 aromatic rings. The standard InChI is InChI=1S/C8H5BrF3N3/c9-4-1-2-7(13)15-5(4)3-6(14-15)8(10,11)12/h1-3H,13H2. The maximum Gasteiger partial charge on any atom is 0.435 e. The number of nitrogens with two attached hydrogens (primary N) is 1. The van der Waals surface area contributed by atoms with Crippen LogP contribution in [0.4, 0.5) is 19.0 Å². The van der Waals surface area contributed by atoms with E-state index in [1.165, 1.54) is 6.07 Å². The van der Waals surface area contributed by atoms with E-state index in [0.29, 0.717) is 9.99 Å². The van der Waals surface area contributed by atoms with E-state index in [2.05, 4.69) is 21.0 Å². The van der Waals surface area contributed by atoms with Crippen molar-refractivity contribution in [2.75, 3.05) is 5.73 Å². The van der Waals surface area contributed by atoms with Crippen molar-refractivity contribution >= 4 is 27.3 Å². The van der Waals surface area contributed by atoms with Gasteiger partial charge in [0, 0.05) is 4.47 Å². The summed E-state index contributed by atoms with van der Waals surface area (Å²) in [4.78, 5) is 0. The second-order valence-electron chi connectivity index (χ2n) is 2.93. The fourth-order valence-corrected chi connectivity index (χ4v) is 1.62. The minimum absolute atomic E-state index is 0.156. The maximum atomic E-state index is 12.4. The van der Waals surface area contributed by atoms with Crippen molar-refractivity contribution in [1.82, 2.24) is 9.61 Å². The van der Waals surface area contributed by atoms with Crippen LogP contribution in [0.1, 0.15) is 5.69 Å². The van der Waals surface area contributed by atoms with Crippen LogP contribution in [0.15, 0.2) is 22.7 Å². The molecule has 0 atom stereocenters. The average molecular weight is 280 g/mol. The highest BCUT2D eigenvalue weighted by atomic mass is 79.9. The second kappa shape index (κ2) is 3.13. The molecule has 0 unspecified atom stereocenters. The highest BCUT2D eigenvalue weighted by Gasteiger charge is 2.34. The van der Waals surface area contributed by atoms with Gasteiger partial charge in [0.2, 0.25) is 0 Å². The Morgan fingerprint density at radius 1 is 1.33 bits per heavy atom. The minimum Gasteiger partial charge on any atom is -0.384 e. The number of nitrogen functional groups attached to an aromatic ring is 1. The summed E-state index contributed by atoms with van der Waals surface area (Å²) in [5, 5.41) is 3.38. The van der Waals surface area contributed by atoms with Crippen molar-refractivity contribution in [3.63, 3.8) is 0 Å². The van der Waals surface area contributed by atoms with Gasteiger partial charge in [0.1, 0.15) is 5.82 Å². The van der Waals surface area contributed by atoms with E-state index < -0.39 is 11.9 Å². The summed E-state index contributed by atoms with van der Waals surface area (Å²) in [6.45, 7) is 0.